The van der Waals surface area contributed by atoms with Crippen LogP contribution in [0.5, 0.6) is 0 Å². The van der Waals surface area contributed by atoms with Crippen LogP contribution in [0.4, 0.5) is 0 Å². The van der Waals surface area contributed by atoms with Gasteiger partial charge in [0.15, 0.2) is 0 Å². The molecule has 0 bridgehead atoms. The maximum atomic E-state index is 12.9. The molecule has 6 nitrogen and oxygen atoms in total. The third-order valence-electron chi connectivity index (χ3n) is 5.18. The summed E-state index contributed by atoms with van der Waals surface area (Å²) in [5.41, 5.74) is 3.59. The van der Waals surface area contributed by atoms with Gasteiger partial charge < -0.3 is 15.2 Å². The van der Waals surface area contributed by atoms with Crippen molar-refractivity contribution in [2.75, 3.05) is 6.54 Å². The number of nitrogens with one attached hydrogen (secondary N) is 2. The Kier molecular flexibility index (Phi) is 4.86. The molecule has 2 N–H and O–H groups in total. The van der Waals surface area contributed by atoms with Crippen molar-refractivity contribution < 1.29 is 9.59 Å². The van der Waals surface area contributed by atoms with Gasteiger partial charge in [-0.25, -0.2) is 4.98 Å². The van der Waals surface area contributed by atoms with Crippen molar-refractivity contribution in [2.24, 2.45) is 5.92 Å². The van der Waals surface area contributed by atoms with Crippen LogP contribution in [-0.4, -0.2) is 39.3 Å². The Morgan fingerprint density at radius 1 is 1.18 bits per heavy atom. The first-order valence-electron chi connectivity index (χ1n) is 9.65. The molecule has 1 unspecified atom stereocenters. The molecule has 144 valence electrons. The van der Waals surface area contributed by atoms with Gasteiger partial charge in [-0.2, -0.15) is 0 Å². The molecule has 28 heavy (non-hydrogen) atoms. The molecular formula is C22H24N4O2. The predicted molar refractivity (Wildman–Crippen MR) is 108 cm³/mol. The van der Waals surface area contributed by atoms with Crippen molar-refractivity contribution in [2.45, 2.75) is 32.9 Å². The quantitative estimate of drug-likeness (QED) is 0.694. The van der Waals surface area contributed by atoms with E-state index in [4.69, 9.17) is 0 Å². The molecule has 0 fully saturated rings. The van der Waals surface area contributed by atoms with E-state index in [2.05, 4.69) is 15.3 Å². The lowest BCUT2D eigenvalue weighted by Crippen LogP contribution is -2.50. The molecule has 0 spiro atoms. The highest BCUT2D eigenvalue weighted by molar-refractivity contribution is 6.01. The molecule has 4 rings (SSSR count). The average Bonchev–Trinajstić information content (AvgIpc) is 3.23. The highest BCUT2D eigenvalue weighted by atomic mass is 16.2. The number of amides is 2. The number of imidazole rings is 1. The van der Waals surface area contributed by atoms with Crippen molar-refractivity contribution in [3.05, 3.63) is 65.5 Å². The summed E-state index contributed by atoms with van der Waals surface area (Å²) in [6.07, 6.45) is 0.611. The zero-order chi connectivity index (χ0) is 19.7. The first-order chi connectivity index (χ1) is 13.5. The van der Waals surface area contributed by atoms with E-state index in [1.54, 1.807) is 4.90 Å². The lowest BCUT2D eigenvalue weighted by atomic mass is 10.0. The number of para-hydroxylation sites is 2. The lowest BCUT2D eigenvalue weighted by molar-refractivity contribution is -0.127. The third kappa shape index (κ3) is 3.38. The van der Waals surface area contributed by atoms with E-state index in [0.717, 1.165) is 22.4 Å². The van der Waals surface area contributed by atoms with Crippen LogP contribution >= 0.6 is 0 Å². The second-order valence-corrected chi connectivity index (χ2v) is 7.52. The van der Waals surface area contributed by atoms with E-state index in [1.165, 1.54) is 0 Å². The zero-order valence-electron chi connectivity index (χ0n) is 16.1. The molecular weight excluding hydrogens is 352 g/mol. The molecule has 0 saturated heterocycles. The fourth-order valence-electron chi connectivity index (χ4n) is 3.84. The first-order valence-corrected chi connectivity index (χ1v) is 9.65. The largest absolute Gasteiger partial charge is 0.354 e. The topological polar surface area (TPSA) is 78.1 Å². The number of H-pyrrole nitrogens is 1. The fraction of sp³-hybridized carbons (Fsp3) is 0.318. The van der Waals surface area contributed by atoms with Gasteiger partial charge in [0.25, 0.3) is 5.91 Å². The van der Waals surface area contributed by atoms with E-state index < -0.39 is 6.04 Å². The van der Waals surface area contributed by atoms with Crippen molar-refractivity contribution in [1.82, 2.24) is 20.2 Å². The second kappa shape index (κ2) is 7.46. The van der Waals surface area contributed by atoms with Gasteiger partial charge in [0.05, 0.1) is 11.0 Å². The Labute approximate surface area is 164 Å². The number of rotatable bonds is 6. The minimum Gasteiger partial charge on any atom is -0.354 e. The maximum Gasteiger partial charge on any atom is 0.255 e. The minimum atomic E-state index is -0.490. The second-order valence-electron chi connectivity index (χ2n) is 7.52. The van der Waals surface area contributed by atoms with Gasteiger partial charge in [-0.1, -0.05) is 44.2 Å². The van der Waals surface area contributed by atoms with Gasteiger partial charge in [-0.05, 0) is 29.7 Å². The number of carbonyl (C=O) groups excluding carboxylic acids is 2. The van der Waals surface area contributed by atoms with Crippen LogP contribution in [0.2, 0.25) is 0 Å². The summed E-state index contributed by atoms with van der Waals surface area (Å²) in [6.45, 7) is 4.89. The summed E-state index contributed by atoms with van der Waals surface area (Å²) in [6, 6.07) is 14.9. The van der Waals surface area contributed by atoms with Crippen molar-refractivity contribution >= 4 is 22.8 Å². The van der Waals surface area contributed by atoms with Gasteiger partial charge in [0, 0.05) is 25.1 Å². The Bertz CT molecular complexity index is 991. The van der Waals surface area contributed by atoms with Crippen LogP contribution in [0.25, 0.3) is 11.0 Å². The van der Waals surface area contributed by atoms with Crippen LogP contribution in [0, 0.1) is 5.92 Å². The van der Waals surface area contributed by atoms with E-state index in [1.807, 2.05) is 62.4 Å². The zero-order valence-corrected chi connectivity index (χ0v) is 16.1. The van der Waals surface area contributed by atoms with Gasteiger partial charge in [0.2, 0.25) is 5.91 Å². The maximum absolute atomic E-state index is 12.9. The summed E-state index contributed by atoms with van der Waals surface area (Å²) >= 11 is 0. The standard InChI is InChI=1S/C22H24N4O2/c1-14(2)20(26-13-15-7-3-4-8-16(15)22(26)28)21(27)23-12-11-19-24-17-9-5-6-10-18(17)25-19/h3-10,14,20H,11-13H2,1-2H3,(H,23,27)(H,24,25). The van der Waals surface area contributed by atoms with E-state index in [-0.39, 0.29) is 17.7 Å². The molecule has 1 aliphatic heterocycles. The van der Waals surface area contributed by atoms with Crippen LogP contribution in [0.1, 0.15) is 35.6 Å². The lowest BCUT2D eigenvalue weighted by Gasteiger charge is -2.29. The Hall–Kier alpha value is -3.15. The molecule has 0 saturated carbocycles. The number of benzene rings is 2. The Balaban J connectivity index is 1.41. The van der Waals surface area contributed by atoms with Crippen LogP contribution in [0.3, 0.4) is 0 Å². The molecule has 1 atom stereocenters. The van der Waals surface area contributed by atoms with Gasteiger partial charge in [-0.15, -0.1) is 0 Å². The predicted octanol–water partition coefficient (Wildman–Crippen LogP) is 2.90. The number of fused-ring (bicyclic) bond motifs is 2. The highest BCUT2D eigenvalue weighted by Gasteiger charge is 2.37. The molecule has 2 aromatic carbocycles. The van der Waals surface area contributed by atoms with Crippen molar-refractivity contribution in [3.8, 4) is 0 Å². The van der Waals surface area contributed by atoms with Crippen LogP contribution in [0.15, 0.2) is 48.5 Å². The number of hydrogen-bond donors (Lipinski definition) is 2. The van der Waals surface area contributed by atoms with E-state index in [9.17, 15) is 9.59 Å². The Morgan fingerprint density at radius 2 is 1.93 bits per heavy atom. The van der Waals surface area contributed by atoms with Gasteiger partial charge in [0.1, 0.15) is 11.9 Å². The molecule has 2 heterocycles. The molecule has 1 aliphatic rings. The van der Waals surface area contributed by atoms with E-state index >= 15 is 0 Å². The summed E-state index contributed by atoms with van der Waals surface area (Å²) < 4.78 is 0. The molecule has 0 radical (unpaired) electrons. The number of aromatic nitrogens is 2. The minimum absolute atomic E-state index is 0.0180. The molecule has 3 aromatic rings. The van der Waals surface area contributed by atoms with Crippen molar-refractivity contribution in [3.63, 3.8) is 0 Å². The summed E-state index contributed by atoms with van der Waals surface area (Å²) in [5, 5.41) is 2.99. The highest BCUT2D eigenvalue weighted by Crippen LogP contribution is 2.27. The first kappa shape index (κ1) is 18.2. The number of nitrogens with zero attached hydrogens (tertiary/aromatic N) is 2. The molecule has 2 amide bonds. The third-order valence-corrected chi connectivity index (χ3v) is 5.18. The van der Waals surface area contributed by atoms with Crippen LogP contribution < -0.4 is 5.32 Å². The number of aromatic amines is 1. The summed E-state index contributed by atoms with van der Waals surface area (Å²) in [5.74, 6) is 0.672. The normalized spacial score (nSPS) is 14.5. The van der Waals surface area contributed by atoms with Crippen molar-refractivity contribution in [1.29, 1.82) is 0 Å². The monoisotopic (exact) mass is 376 g/mol. The van der Waals surface area contributed by atoms with Crippen LogP contribution in [-0.2, 0) is 17.8 Å². The average molecular weight is 376 g/mol. The van der Waals surface area contributed by atoms with Gasteiger partial charge >= 0.3 is 0 Å². The molecule has 1 aromatic heterocycles. The Morgan fingerprint density at radius 3 is 2.68 bits per heavy atom. The fourth-order valence-corrected chi connectivity index (χ4v) is 3.84. The smallest absolute Gasteiger partial charge is 0.255 e. The summed E-state index contributed by atoms with van der Waals surface area (Å²) in [7, 11) is 0. The number of hydrogen-bond acceptors (Lipinski definition) is 3. The van der Waals surface area contributed by atoms with Gasteiger partial charge in [-0.3, -0.25) is 9.59 Å². The number of carbonyl (C=O) groups is 2. The summed E-state index contributed by atoms with van der Waals surface area (Å²) in [4.78, 5) is 35.2. The SMILES string of the molecule is CC(C)C(C(=O)NCCc1nc2ccccc2[nH]1)N1Cc2ccccc2C1=O. The molecule has 0 aliphatic carbocycles. The van der Waals surface area contributed by atoms with E-state index in [0.29, 0.717) is 25.1 Å². The molecule has 6 heteroatoms.